The summed E-state index contributed by atoms with van der Waals surface area (Å²) in [5.74, 6) is -0.338. The number of benzene rings is 2. The van der Waals surface area contributed by atoms with Gasteiger partial charge >= 0.3 is 6.03 Å². The van der Waals surface area contributed by atoms with Crippen molar-refractivity contribution in [3.63, 3.8) is 0 Å². The van der Waals surface area contributed by atoms with E-state index in [1.807, 2.05) is 0 Å². The van der Waals surface area contributed by atoms with E-state index in [4.69, 9.17) is 0 Å². The lowest BCUT2D eigenvalue weighted by Crippen LogP contribution is -2.28. The quantitative estimate of drug-likeness (QED) is 0.671. The Labute approximate surface area is 126 Å². The number of nitro benzene ring substituents is 1. The normalized spacial score (nSPS) is 10.1. The van der Waals surface area contributed by atoms with Gasteiger partial charge in [0.25, 0.3) is 5.69 Å². The summed E-state index contributed by atoms with van der Waals surface area (Å²) in [5, 5.41) is 15.9. The average molecular weight is 303 g/mol. The van der Waals surface area contributed by atoms with Crippen LogP contribution >= 0.6 is 0 Å². The first-order chi connectivity index (χ1) is 10.5. The number of anilines is 1. The van der Waals surface area contributed by atoms with Crippen molar-refractivity contribution in [2.75, 3.05) is 5.32 Å². The van der Waals surface area contributed by atoms with E-state index in [1.165, 1.54) is 30.3 Å². The molecular formula is C15H14FN3O3. The minimum atomic E-state index is -0.495. The van der Waals surface area contributed by atoms with Gasteiger partial charge in [0, 0.05) is 24.4 Å². The average Bonchev–Trinajstić information content (AvgIpc) is 2.48. The monoisotopic (exact) mass is 303 g/mol. The molecule has 0 aliphatic rings. The molecule has 0 atom stereocenters. The van der Waals surface area contributed by atoms with E-state index < -0.39 is 11.0 Å². The van der Waals surface area contributed by atoms with Crippen LogP contribution in [0.4, 0.5) is 20.6 Å². The molecular weight excluding hydrogens is 289 g/mol. The van der Waals surface area contributed by atoms with Crippen LogP contribution in [0.15, 0.2) is 42.5 Å². The minimum absolute atomic E-state index is 0.0326. The lowest BCUT2D eigenvalue weighted by Gasteiger charge is -2.10. The summed E-state index contributed by atoms with van der Waals surface area (Å²) >= 11 is 0. The molecule has 0 saturated carbocycles. The van der Waals surface area contributed by atoms with Crippen molar-refractivity contribution >= 4 is 17.4 Å². The van der Waals surface area contributed by atoms with E-state index in [-0.39, 0.29) is 18.0 Å². The van der Waals surface area contributed by atoms with Gasteiger partial charge in [-0.25, -0.2) is 9.18 Å². The molecule has 0 saturated heterocycles. The molecule has 0 radical (unpaired) electrons. The number of nitro groups is 1. The molecule has 2 amide bonds. The standard InChI is InChI=1S/C15H14FN3O3/c1-10-8-13(19(21)22)6-7-14(10)18-15(20)17-9-11-2-4-12(16)5-3-11/h2-8H,9H2,1H3,(H2,17,18,20). The van der Waals surface area contributed by atoms with Crippen molar-refractivity contribution in [2.24, 2.45) is 0 Å². The van der Waals surface area contributed by atoms with Gasteiger partial charge < -0.3 is 10.6 Å². The summed E-state index contributed by atoms with van der Waals surface area (Å²) in [6.45, 7) is 1.92. The van der Waals surface area contributed by atoms with E-state index in [2.05, 4.69) is 10.6 Å². The van der Waals surface area contributed by atoms with E-state index >= 15 is 0 Å². The number of aryl methyl sites for hydroxylation is 1. The zero-order chi connectivity index (χ0) is 16.1. The van der Waals surface area contributed by atoms with Crippen LogP contribution in [0.25, 0.3) is 0 Å². The molecule has 7 heteroatoms. The van der Waals surface area contributed by atoms with Crippen molar-refractivity contribution in [3.8, 4) is 0 Å². The zero-order valence-electron chi connectivity index (χ0n) is 11.8. The van der Waals surface area contributed by atoms with Crippen LogP contribution in [0.1, 0.15) is 11.1 Å². The van der Waals surface area contributed by atoms with Crippen LogP contribution in [0.2, 0.25) is 0 Å². The number of amides is 2. The molecule has 2 aromatic carbocycles. The third-order valence-electron chi connectivity index (χ3n) is 3.04. The maximum Gasteiger partial charge on any atom is 0.319 e. The molecule has 22 heavy (non-hydrogen) atoms. The van der Waals surface area contributed by atoms with Crippen LogP contribution < -0.4 is 10.6 Å². The second kappa shape index (κ2) is 6.66. The first-order valence-electron chi connectivity index (χ1n) is 6.50. The summed E-state index contributed by atoms with van der Waals surface area (Å²) in [6.07, 6.45) is 0. The summed E-state index contributed by atoms with van der Waals surface area (Å²) < 4.78 is 12.8. The van der Waals surface area contributed by atoms with Crippen molar-refractivity contribution < 1.29 is 14.1 Å². The Morgan fingerprint density at radius 1 is 1.23 bits per heavy atom. The number of urea groups is 1. The van der Waals surface area contributed by atoms with Gasteiger partial charge in [-0.05, 0) is 36.2 Å². The van der Waals surface area contributed by atoms with Gasteiger partial charge in [0.15, 0.2) is 0 Å². The largest absolute Gasteiger partial charge is 0.334 e. The van der Waals surface area contributed by atoms with Crippen molar-refractivity contribution in [1.29, 1.82) is 0 Å². The molecule has 0 aromatic heterocycles. The van der Waals surface area contributed by atoms with E-state index in [0.717, 1.165) is 5.56 Å². The van der Waals surface area contributed by atoms with Crippen LogP contribution in [-0.2, 0) is 6.54 Å². The molecule has 0 bridgehead atoms. The van der Waals surface area contributed by atoms with E-state index in [9.17, 15) is 19.3 Å². The highest BCUT2D eigenvalue weighted by Crippen LogP contribution is 2.20. The van der Waals surface area contributed by atoms with Gasteiger partial charge in [-0.2, -0.15) is 0 Å². The molecule has 0 spiro atoms. The summed E-state index contributed by atoms with van der Waals surface area (Å²) in [7, 11) is 0. The molecule has 0 fully saturated rings. The second-order valence-electron chi connectivity index (χ2n) is 4.69. The Morgan fingerprint density at radius 3 is 2.50 bits per heavy atom. The molecule has 2 aromatic rings. The van der Waals surface area contributed by atoms with Gasteiger partial charge in [-0.3, -0.25) is 10.1 Å². The lowest BCUT2D eigenvalue weighted by atomic mass is 10.2. The highest BCUT2D eigenvalue weighted by Gasteiger charge is 2.10. The fourth-order valence-corrected chi connectivity index (χ4v) is 1.85. The van der Waals surface area contributed by atoms with E-state index in [0.29, 0.717) is 11.3 Å². The van der Waals surface area contributed by atoms with Gasteiger partial charge in [0.05, 0.1) is 4.92 Å². The number of rotatable bonds is 4. The maximum atomic E-state index is 12.8. The summed E-state index contributed by atoms with van der Waals surface area (Å²) in [4.78, 5) is 21.9. The summed E-state index contributed by atoms with van der Waals surface area (Å²) in [5.41, 5.74) is 1.81. The molecule has 0 aliphatic carbocycles. The fourth-order valence-electron chi connectivity index (χ4n) is 1.85. The number of hydrogen-bond acceptors (Lipinski definition) is 3. The maximum absolute atomic E-state index is 12.8. The molecule has 0 heterocycles. The number of nitrogens with zero attached hydrogens (tertiary/aromatic N) is 1. The molecule has 0 unspecified atom stereocenters. The van der Waals surface area contributed by atoms with Crippen LogP contribution in [0, 0.1) is 22.9 Å². The first kappa shape index (κ1) is 15.4. The van der Waals surface area contributed by atoms with Crippen LogP contribution in [0.5, 0.6) is 0 Å². The first-order valence-corrected chi connectivity index (χ1v) is 6.50. The van der Waals surface area contributed by atoms with Gasteiger partial charge in [-0.15, -0.1) is 0 Å². The fraction of sp³-hybridized carbons (Fsp3) is 0.133. The Bertz CT molecular complexity index is 702. The number of hydrogen-bond donors (Lipinski definition) is 2. The predicted molar refractivity (Wildman–Crippen MR) is 80.1 cm³/mol. The molecule has 114 valence electrons. The van der Waals surface area contributed by atoms with Gasteiger partial charge in [0.2, 0.25) is 0 Å². The molecule has 6 nitrogen and oxygen atoms in total. The van der Waals surface area contributed by atoms with Crippen LogP contribution in [0.3, 0.4) is 0 Å². The molecule has 2 rings (SSSR count). The Hall–Kier alpha value is -2.96. The van der Waals surface area contributed by atoms with Crippen molar-refractivity contribution in [2.45, 2.75) is 13.5 Å². The topological polar surface area (TPSA) is 84.3 Å². The van der Waals surface area contributed by atoms with Crippen molar-refractivity contribution in [1.82, 2.24) is 5.32 Å². The number of nitrogens with one attached hydrogen (secondary N) is 2. The number of non-ortho nitro benzene ring substituents is 1. The Balaban J connectivity index is 1.94. The highest BCUT2D eigenvalue weighted by atomic mass is 19.1. The molecule has 2 N–H and O–H groups in total. The molecule has 0 aliphatic heterocycles. The van der Waals surface area contributed by atoms with Crippen LogP contribution in [-0.4, -0.2) is 11.0 Å². The third-order valence-corrected chi connectivity index (χ3v) is 3.04. The van der Waals surface area contributed by atoms with E-state index in [1.54, 1.807) is 19.1 Å². The van der Waals surface area contributed by atoms with Gasteiger partial charge in [-0.1, -0.05) is 12.1 Å². The number of carbonyl (C=O) groups is 1. The smallest absolute Gasteiger partial charge is 0.319 e. The number of halogens is 1. The highest BCUT2D eigenvalue weighted by molar-refractivity contribution is 5.90. The number of carbonyl (C=O) groups excluding carboxylic acids is 1. The lowest BCUT2D eigenvalue weighted by molar-refractivity contribution is -0.384. The Kier molecular flexibility index (Phi) is 4.67. The Morgan fingerprint density at radius 2 is 1.91 bits per heavy atom. The predicted octanol–water partition coefficient (Wildman–Crippen LogP) is 3.36. The second-order valence-corrected chi connectivity index (χ2v) is 4.69. The van der Waals surface area contributed by atoms with Gasteiger partial charge in [0.1, 0.15) is 5.82 Å². The third kappa shape index (κ3) is 4.02. The minimum Gasteiger partial charge on any atom is -0.334 e. The SMILES string of the molecule is Cc1cc([N+](=O)[O-])ccc1NC(=O)NCc1ccc(F)cc1. The van der Waals surface area contributed by atoms with Crippen molar-refractivity contribution in [3.05, 3.63) is 69.5 Å². The summed E-state index contributed by atoms with van der Waals surface area (Å²) in [6, 6.07) is 9.52. The zero-order valence-corrected chi connectivity index (χ0v) is 11.8.